The summed E-state index contributed by atoms with van der Waals surface area (Å²) in [6.45, 7) is 7.90. The lowest BCUT2D eigenvalue weighted by molar-refractivity contribution is -0.126. The van der Waals surface area contributed by atoms with Crippen LogP contribution in [0.3, 0.4) is 0 Å². The summed E-state index contributed by atoms with van der Waals surface area (Å²) in [6.07, 6.45) is 8.56. The standard InChI is InChI=1S/C21H32N2O3S/c1-13-9-15-7-8-21(13,20(15,2)3)12-27-22-18(24)16-10-14-5-6-17(16)23(11-14)19(25)26-4/h5-6,13-17H,7-12H2,1-4H3,(H,22,24)/t13-,14?,15?,16?,17?,21?/m1/s1. The van der Waals surface area contributed by atoms with Gasteiger partial charge in [-0.3, -0.25) is 9.52 Å². The maximum atomic E-state index is 12.9. The highest BCUT2D eigenvalue weighted by atomic mass is 32.2. The van der Waals surface area contributed by atoms with Crippen LogP contribution in [0.2, 0.25) is 0 Å². The summed E-state index contributed by atoms with van der Waals surface area (Å²) < 4.78 is 8.04. The summed E-state index contributed by atoms with van der Waals surface area (Å²) in [4.78, 5) is 26.7. The van der Waals surface area contributed by atoms with E-state index in [0.29, 0.717) is 17.4 Å². The van der Waals surface area contributed by atoms with E-state index in [1.807, 2.05) is 6.08 Å². The predicted octanol–water partition coefficient (Wildman–Crippen LogP) is 3.86. The fourth-order valence-corrected chi connectivity index (χ4v) is 7.96. The van der Waals surface area contributed by atoms with Crippen molar-refractivity contribution >= 4 is 23.9 Å². The van der Waals surface area contributed by atoms with Gasteiger partial charge in [-0.1, -0.05) is 32.9 Å². The van der Waals surface area contributed by atoms with Crippen LogP contribution < -0.4 is 4.72 Å². The Morgan fingerprint density at radius 2 is 2.07 bits per heavy atom. The molecule has 2 heterocycles. The fourth-order valence-electron chi connectivity index (χ4n) is 6.54. The van der Waals surface area contributed by atoms with E-state index < -0.39 is 0 Å². The molecular weight excluding hydrogens is 360 g/mol. The van der Waals surface area contributed by atoms with Gasteiger partial charge in [0.15, 0.2) is 0 Å². The molecule has 5 unspecified atom stereocenters. The first kappa shape index (κ1) is 19.2. The van der Waals surface area contributed by atoms with Gasteiger partial charge >= 0.3 is 6.09 Å². The number of rotatable bonds is 4. The number of amides is 2. The summed E-state index contributed by atoms with van der Waals surface area (Å²) >= 11 is 1.59. The van der Waals surface area contributed by atoms with Gasteiger partial charge in [0, 0.05) is 12.3 Å². The van der Waals surface area contributed by atoms with Crippen molar-refractivity contribution in [3.63, 3.8) is 0 Å². The van der Waals surface area contributed by atoms with Crippen LogP contribution in [0.1, 0.15) is 46.5 Å². The van der Waals surface area contributed by atoms with Gasteiger partial charge in [-0.25, -0.2) is 4.79 Å². The normalized spacial score (nSPS) is 41.0. The maximum absolute atomic E-state index is 12.9. The Labute approximate surface area is 166 Å². The zero-order chi connectivity index (χ0) is 19.4. The minimum absolute atomic E-state index is 0.0577. The van der Waals surface area contributed by atoms with E-state index >= 15 is 0 Å². The monoisotopic (exact) mass is 392 g/mol. The molecule has 4 bridgehead atoms. The molecule has 2 aliphatic heterocycles. The molecule has 0 spiro atoms. The third-order valence-corrected chi connectivity index (χ3v) is 9.42. The molecule has 5 rings (SSSR count). The molecule has 0 radical (unpaired) electrons. The number of nitrogens with one attached hydrogen (secondary N) is 1. The van der Waals surface area contributed by atoms with Crippen molar-refractivity contribution in [2.45, 2.75) is 52.5 Å². The lowest BCUT2D eigenvalue weighted by Gasteiger charge is -2.45. The average Bonchev–Trinajstić information content (AvgIpc) is 3.02. The van der Waals surface area contributed by atoms with Crippen LogP contribution in [-0.2, 0) is 9.53 Å². The van der Waals surface area contributed by atoms with Gasteiger partial charge in [-0.2, -0.15) is 0 Å². The van der Waals surface area contributed by atoms with E-state index in [0.717, 1.165) is 24.0 Å². The molecule has 3 aliphatic carbocycles. The molecule has 0 aromatic carbocycles. The Bertz CT molecular complexity index is 664. The summed E-state index contributed by atoms with van der Waals surface area (Å²) in [5.41, 5.74) is 0.692. The van der Waals surface area contributed by atoms with Crippen LogP contribution in [0.25, 0.3) is 0 Å². The molecule has 3 fully saturated rings. The molecule has 0 aromatic heterocycles. The second-order valence-corrected chi connectivity index (χ2v) is 10.4. The summed E-state index contributed by atoms with van der Waals surface area (Å²) in [6, 6.07) is -0.182. The Balaban J connectivity index is 1.38. The van der Waals surface area contributed by atoms with Crippen molar-refractivity contribution in [2.75, 3.05) is 19.4 Å². The van der Waals surface area contributed by atoms with Gasteiger partial charge < -0.3 is 9.64 Å². The van der Waals surface area contributed by atoms with Crippen molar-refractivity contribution in [1.29, 1.82) is 0 Å². The molecular formula is C21H32N2O3S. The van der Waals surface area contributed by atoms with E-state index in [4.69, 9.17) is 4.74 Å². The van der Waals surface area contributed by atoms with Gasteiger partial charge in [0.2, 0.25) is 5.91 Å². The highest BCUT2D eigenvalue weighted by Gasteiger charge is 2.62. The molecule has 1 saturated heterocycles. The van der Waals surface area contributed by atoms with Crippen molar-refractivity contribution < 1.29 is 14.3 Å². The number of hydrogen-bond acceptors (Lipinski definition) is 4. The van der Waals surface area contributed by atoms with Gasteiger partial charge in [-0.05, 0) is 66.2 Å². The molecule has 2 saturated carbocycles. The number of methoxy groups -OCH3 is 1. The summed E-state index contributed by atoms with van der Waals surface area (Å²) in [5.74, 6) is 2.67. The first-order chi connectivity index (χ1) is 12.8. The van der Waals surface area contributed by atoms with Gasteiger partial charge in [0.1, 0.15) is 0 Å². The third-order valence-electron chi connectivity index (χ3n) is 8.41. The summed E-state index contributed by atoms with van der Waals surface area (Å²) in [5, 5.41) is 0. The second-order valence-electron chi connectivity index (χ2n) is 9.61. The first-order valence-electron chi connectivity index (χ1n) is 10.2. The Morgan fingerprint density at radius 1 is 1.30 bits per heavy atom. The SMILES string of the molecule is COC(=O)N1CC2C=CC1C(C(=O)NSCC13CCC(C[C@H]1C)C3(C)C)C2. The minimum Gasteiger partial charge on any atom is -0.453 e. The highest BCUT2D eigenvalue weighted by molar-refractivity contribution is 7.97. The molecule has 5 nitrogen and oxygen atoms in total. The van der Waals surface area contributed by atoms with Gasteiger partial charge in [-0.15, -0.1) is 0 Å². The molecule has 5 aliphatic rings. The third kappa shape index (κ3) is 2.81. The minimum atomic E-state index is -0.336. The summed E-state index contributed by atoms with van der Waals surface area (Å²) in [7, 11) is 1.40. The molecule has 1 N–H and O–H groups in total. The number of nitrogens with zero attached hydrogens (tertiary/aromatic N) is 1. The van der Waals surface area contributed by atoms with Crippen LogP contribution in [0.15, 0.2) is 12.2 Å². The van der Waals surface area contributed by atoms with Crippen LogP contribution in [0, 0.1) is 34.5 Å². The largest absolute Gasteiger partial charge is 0.453 e. The molecule has 0 aromatic rings. The smallest absolute Gasteiger partial charge is 0.410 e. The number of ether oxygens (including phenoxy) is 1. The number of fused-ring (bicyclic) bond motifs is 4. The quantitative estimate of drug-likeness (QED) is 0.583. The van der Waals surface area contributed by atoms with Crippen molar-refractivity contribution in [3.05, 3.63) is 12.2 Å². The number of hydrogen-bond donors (Lipinski definition) is 1. The molecule has 150 valence electrons. The Kier molecular flexibility index (Phi) is 4.76. The fraction of sp³-hybridized carbons (Fsp3) is 0.810. The molecule has 6 atom stereocenters. The predicted molar refractivity (Wildman–Crippen MR) is 107 cm³/mol. The topological polar surface area (TPSA) is 58.6 Å². The second kappa shape index (κ2) is 6.71. The van der Waals surface area contributed by atoms with E-state index in [1.165, 1.54) is 26.4 Å². The van der Waals surface area contributed by atoms with Gasteiger partial charge in [0.25, 0.3) is 0 Å². The first-order valence-corrected chi connectivity index (χ1v) is 11.2. The van der Waals surface area contributed by atoms with E-state index in [2.05, 4.69) is 31.6 Å². The van der Waals surface area contributed by atoms with Crippen LogP contribution >= 0.6 is 11.9 Å². The molecule has 6 heteroatoms. The van der Waals surface area contributed by atoms with Crippen molar-refractivity contribution in [1.82, 2.24) is 9.62 Å². The number of piperidine rings is 1. The zero-order valence-electron chi connectivity index (χ0n) is 16.9. The Morgan fingerprint density at radius 3 is 2.67 bits per heavy atom. The Hall–Kier alpha value is -1.17. The number of carbonyl (C=O) groups is 2. The lowest BCUT2D eigenvalue weighted by atomic mass is 9.67. The maximum Gasteiger partial charge on any atom is 0.410 e. The van der Waals surface area contributed by atoms with Crippen LogP contribution in [0.5, 0.6) is 0 Å². The molecule has 2 amide bonds. The van der Waals surface area contributed by atoms with Gasteiger partial charge in [0.05, 0.1) is 19.1 Å². The van der Waals surface area contributed by atoms with Crippen molar-refractivity contribution in [2.24, 2.45) is 34.5 Å². The highest BCUT2D eigenvalue weighted by Crippen LogP contribution is 2.68. The lowest BCUT2D eigenvalue weighted by Crippen LogP contribution is -2.56. The van der Waals surface area contributed by atoms with Crippen LogP contribution in [-0.4, -0.2) is 42.3 Å². The van der Waals surface area contributed by atoms with Crippen LogP contribution in [0.4, 0.5) is 4.79 Å². The van der Waals surface area contributed by atoms with Crippen molar-refractivity contribution in [3.8, 4) is 0 Å². The van der Waals surface area contributed by atoms with E-state index in [-0.39, 0.29) is 29.9 Å². The van der Waals surface area contributed by atoms with E-state index in [9.17, 15) is 9.59 Å². The average molecular weight is 393 g/mol. The van der Waals surface area contributed by atoms with E-state index in [1.54, 1.807) is 16.8 Å². The zero-order valence-corrected chi connectivity index (χ0v) is 17.7. The number of carbonyl (C=O) groups excluding carboxylic acids is 2. The molecule has 27 heavy (non-hydrogen) atoms.